The Morgan fingerprint density at radius 2 is 1.83 bits per heavy atom. The van der Waals surface area contributed by atoms with Crippen LogP contribution in [0.5, 0.6) is 5.75 Å². The van der Waals surface area contributed by atoms with Gasteiger partial charge in [-0.25, -0.2) is 13.2 Å². The third-order valence-electron chi connectivity index (χ3n) is 5.09. The van der Waals surface area contributed by atoms with Crippen LogP contribution in [0.4, 0.5) is 18.0 Å². The van der Waals surface area contributed by atoms with E-state index in [1.54, 1.807) is 0 Å². The largest absolute Gasteiger partial charge is 0.573 e. The lowest BCUT2D eigenvalue weighted by Gasteiger charge is -2.35. The summed E-state index contributed by atoms with van der Waals surface area (Å²) in [5, 5.41) is 2.89. The van der Waals surface area contributed by atoms with Crippen LogP contribution in [0.1, 0.15) is 19.8 Å². The lowest BCUT2D eigenvalue weighted by Crippen LogP contribution is -2.55. The van der Waals surface area contributed by atoms with Gasteiger partial charge in [0.1, 0.15) is 5.75 Å². The first-order chi connectivity index (χ1) is 14.1. The van der Waals surface area contributed by atoms with Crippen molar-refractivity contribution < 1.29 is 35.9 Å². The molecule has 12 heteroatoms. The van der Waals surface area contributed by atoms with E-state index in [0.717, 1.165) is 37.1 Å². The fraction of sp³-hybridized carbons (Fsp3) is 0.611. The molecule has 1 aromatic carbocycles. The fourth-order valence-corrected chi connectivity index (χ4v) is 4.89. The Kier molecular flexibility index (Phi) is 6.78. The Balaban J connectivity index is 1.55. The summed E-state index contributed by atoms with van der Waals surface area (Å²) in [6.07, 6.45) is -3.01. The van der Waals surface area contributed by atoms with Crippen molar-refractivity contribution in [2.24, 2.45) is 0 Å². The number of urea groups is 1. The van der Waals surface area contributed by atoms with Crippen molar-refractivity contribution in [3.8, 4) is 5.75 Å². The van der Waals surface area contributed by atoms with Gasteiger partial charge >= 0.3 is 12.4 Å². The van der Waals surface area contributed by atoms with E-state index >= 15 is 0 Å². The van der Waals surface area contributed by atoms with Crippen LogP contribution in [0, 0.1) is 0 Å². The molecule has 2 fully saturated rings. The number of rotatable bonds is 5. The van der Waals surface area contributed by atoms with Crippen LogP contribution >= 0.6 is 0 Å². The van der Waals surface area contributed by atoms with E-state index in [1.807, 2.05) is 6.92 Å². The van der Waals surface area contributed by atoms with Crippen LogP contribution in [0.15, 0.2) is 29.2 Å². The highest BCUT2D eigenvalue weighted by molar-refractivity contribution is 7.89. The Hall–Kier alpha value is -2.05. The predicted octanol–water partition coefficient (Wildman–Crippen LogP) is 2.17. The number of halogens is 3. The van der Waals surface area contributed by atoms with Crippen LogP contribution in [0.2, 0.25) is 0 Å². The predicted molar refractivity (Wildman–Crippen MR) is 100 cm³/mol. The number of hydrogen-bond donors (Lipinski definition) is 1. The van der Waals surface area contributed by atoms with E-state index in [-0.39, 0.29) is 49.3 Å². The molecule has 0 aromatic heterocycles. The summed E-state index contributed by atoms with van der Waals surface area (Å²) < 4.78 is 72.7. The molecule has 0 spiro atoms. The number of hydrogen-bond acceptors (Lipinski definition) is 5. The van der Waals surface area contributed by atoms with Crippen molar-refractivity contribution in [3.63, 3.8) is 0 Å². The number of carbonyl (C=O) groups excluding carboxylic acids is 1. The van der Waals surface area contributed by atoms with Gasteiger partial charge in [-0.15, -0.1) is 13.2 Å². The third kappa shape index (κ3) is 5.55. The van der Waals surface area contributed by atoms with Crippen LogP contribution < -0.4 is 10.1 Å². The molecule has 2 amide bonds. The number of alkyl halides is 3. The number of ether oxygens (including phenoxy) is 2. The number of carbonyl (C=O) groups is 1. The lowest BCUT2D eigenvalue weighted by atomic mass is 10.1. The van der Waals surface area contributed by atoms with Crippen molar-refractivity contribution in [1.29, 1.82) is 0 Å². The van der Waals surface area contributed by atoms with Crippen molar-refractivity contribution in [2.45, 2.75) is 43.2 Å². The van der Waals surface area contributed by atoms with E-state index in [4.69, 9.17) is 4.74 Å². The summed E-state index contributed by atoms with van der Waals surface area (Å²) in [5.41, 5.74) is 0. The highest BCUT2D eigenvalue weighted by atomic mass is 32.2. The molecule has 3 rings (SSSR count). The summed E-state index contributed by atoms with van der Waals surface area (Å²) in [4.78, 5) is 13.8. The molecule has 2 aliphatic rings. The second-order valence-corrected chi connectivity index (χ2v) is 9.14. The maximum atomic E-state index is 12.7. The molecule has 30 heavy (non-hydrogen) atoms. The Morgan fingerprint density at radius 3 is 2.37 bits per heavy atom. The van der Waals surface area contributed by atoms with Crippen LogP contribution in [-0.4, -0.2) is 74.9 Å². The minimum absolute atomic E-state index is 0.0140. The van der Waals surface area contributed by atoms with E-state index in [2.05, 4.69) is 10.1 Å². The van der Waals surface area contributed by atoms with Gasteiger partial charge in [-0.05, 0) is 44.0 Å². The molecule has 8 nitrogen and oxygen atoms in total. The Labute approximate surface area is 173 Å². The molecule has 1 N–H and O–H groups in total. The average Bonchev–Trinajstić information content (AvgIpc) is 3.22. The van der Waals surface area contributed by atoms with E-state index < -0.39 is 22.1 Å². The molecule has 168 valence electrons. The molecule has 2 saturated heterocycles. The minimum atomic E-state index is -4.85. The molecule has 0 bridgehead atoms. The second-order valence-electron chi connectivity index (χ2n) is 7.20. The van der Waals surface area contributed by atoms with Gasteiger partial charge in [-0.1, -0.05) is 0 Å². The number of amides is 2. The van der Waals surface area contributed by atoms with Crippen molar-refractivity contribution in [1.82, 2.24) is 14.5 Å². The van der Waals surface area contributed by atoms with Crippen molar-refractivity contribution in [3.05, 3.63) is 24.3 Å². The normalized spacial score (nSPS) is 22.0. The van der Waals surface area contributed by atoms with Gasteiger partial charge in [0, 0.05) is 32.8 Å². The van der Waals surface area contributed by atoms with Gasteiger partial charge in [-0.3, -0.25) is 0 Å². The lowest BCUT2D eigenvalue weighted by molar-refractivity contribution is -0.274. The SMILES string of the molecule is CC(NC(=O)N1CCN(S(=O)(=O)c2ccc(OC(F)(F)F)cc2)CC1)C1CCCO1. The summed E-state index contributed by atoms with van der Waals surface area (Å²) >= 11 is 0. The number of benzene rings is 1. The van der Waals surface area contributed by atoms with Crippen LogP contribution in [0.3, 0.4) is 0 Å². The first-order valence-corrected chi connectivity index (χ1v) is 11.0. The maximum absolute atomic E-state index is 12.7. The molecule has 0 radical (unpaired) electrons. The van der Waals surface area contributed by atoms with Crippen molar-refractivity contribution >= 4 is 16.1 Å². The van der Waals surface area contributed by atoms with Gasteiger partial charge in [0.25, 0.3) is 0 Å². The van der Waals surface area contributed by atoms with E-state index in [9.17, 15) is 26.4 Å². The Bertz CT molecular complexity index is 834. The Morgan fingerprint density at radius 1 is 1.20 bits per heavy atom. The molecule has 0 aliphatic carbocycles. The molecule has 2 aliphatic heterocycles. The summed E-state index contributed by atoms with van der Waals surface area (Å²) in [6.45, 7) is 3.15. The topological polar surface area (TPSA) is 88.2 Å². The van der Waals surface area contributed by atoms with Gasteiger partial charge in [0.15, 0.2) is 0 Å². The molecule has 2 atom stereocenters. The van der Waals surface area contributed by atoms with Gasteiger partial charge in [0.05, 0.1) is 17.0 Å². The van der Waals surface area contributed by atoms with Crippen LogP contribution in [-0.2, 0) is 14.8 Å². The highest BCUT2D eigenvalue weighted by Gasteiger charge is 2.33. The first kappa shape index (κ1) is 22.6. The molecule has 1 aromatic rings. The monoisotopic (exact) mass is 451 g/mol. The van der Waals surface area contributed by atoms with Gasteiger partial charge in [0.2, 0.25) is 10.0 Å². The van der Waals surface area contributed by atoms with E-state index in [0.29, 0.717) is 6.61 Å². The molecule has 2 unspecified atom stereocenters. The van der Waals surface area contributed by atoms with Gasteiger partial charge in [-0.2, -0.15) is 4.31 Å². The second kappa shape index (κ2) is 8.98. The maximum Gasteiger partial charge on any atom is 0.573 e. The molecule has 0 saturated carbocycles. The fourth-order valence-electron chi connectivity index (χ4n) is 3.47. The number of piperazine rings is 1. The summed E-state index contributed by atoms with van der Waals surface area (Å²) in [7, 11) is -3.89. The molecule has 2 heterocycles. The molecular formula is C18H24F3N3O5S. The third-order valence-corrected chi connectivity index (χ3v) is 7.01. The summed E-state index contributed by atoms with van der Waals surface area (Å²) in [5.74, 6) is -0.497. The molecular weight excluding hydrogens is 427 g/mol. The van der Waals surface area contributed by atoms with Crippen LogP contribution in [0.25, 0.3) is 0 Å². The zero-order valence-corrected chi connectivity index (χ0v) is 17.2. The van der Waals surface area contributed by atoms with Gasteiger partial charge < -0.3 is 19.7 Å². The minimum Gasteiger partial charge on any atom is -0.406 e. The van der Waals surface area contributed by atoms with Crippen molar-refractivity contribution in [2.75, 3.05) is 32.8 Å². The van der Waals surface area contributed by atoms with E-state index in [1.165, 1.54) is 9.21 Å². The number of sulfonamides is 1. The quantitative estimate of drug-likeness (QED) is 0.742. The number of nitrogens with one attached hydrogen (secondary N) is 1. The average molecular weight is 451 g/mol. The standard InChI is InChI=1S/C18H24F3N3O5S/c1-13(16-3-2-12-28-16)22-17(25)23-8-10-24(11-9-23)30(26,27)15-6-4-14(5-7-15)29-18(19,20)21/h4-7,13,16H,2-3,8-12H2,1H3,(H,22,25). The zero-order valence-electron chi connectivity index (χ0n) is 16.4. The highest BCUT2D eigenvalue weighted by Crippen LogP contribution is 2.25. The summed E-state index contributed by atoms with van der Waals surface area (Å²) in [6, 6.07) is 3.63. The smallest absolute Gasteiger partial charge is 0.406 e. The number of nitrogens with zero attached hydrogens (tertiary/aromatic N) is 2. The first-order valence-electron chi connectivity index (χ1n) is 9.59. The zero-order chi connectivity index (χ0) is 21.9.